The van der Waals surface area contributed by atoms with Gasteiger partial charge in [0, 0.05) is 12.1 Å². The van der Waals surface area contributed by atoms with Crippen molar-refractivity contribution in [1.82, 2.24) is 10.3 Å². The Balaban J connectivity index is 2.47. The van der Waals surface area contributed by atoms with Gasteiger partial charge in [-0.05, 0) is 32.0 Å². The highest BCUT2D eigenvalue weighted by atomic mass is 17.3. The molecule has 0 bridgehead atoms. The van der Waals surface area contributed by atoms with Gasteiger partial charge in [0.2, 0.25) is 0 Å². The zero-order valence-corrected chi connectivity index (χ0v) is 7.86. The van der Waals surface area contributed by atoms with E-state index in [1.54, 1.807) is 0 Å². The number of hydrazine groups is 2. The SMILES string of the molecule is COON(N)N1C(C)CCC1C. The molecule has 0 aromatic heterocycles. The fourth-order valence-electron chi connectivity index (χ4n) is 1.68. The van der Waals surface area contributed by atoms with Crippen LogP contribution in [0.3, 0.4) is 0 Å². The van der Waals surface area contributed by atoms with Crippen molar-refractivity contribution < 1.29 is 9.88 Å². The van der Waals surface area contributed by atoms with Gasteiger partial charge >= 0.3 is 0 Å². The van der Waals surface area contributed by atoms with Crippen molar-refractivity contribution >= 4 is 0 Å². The van der Waals surface area contributed by atoms with Gasteiger partial charge in [-0.25, -0.2) is 10.7 Å². The average molecular weight is 175 g/mol. The van der Waals surface area contributed by atoms with Crippen LogP contribution in [0.2, 0.25) is 0 Å². The molecule has 2 atom stereocenters. The second-order valence-corrected chi connectivity index (χ2v) is 3.20. The van der Waals surface area contributed by atoms with E-state index in [9.17, 15) is 0 Å². The molecule has 1 aliphatic rings. The quantitative estimate of drug-likeness (QED) is 0.383. The maximum absolute atomic E-state index is 5.58. The van der Waals surface area contributed by atoms with Crippen LogP contribution in [0.1, 0.15) is 26.7 Å². The summed E-state index contributed by atoms with van der Waals surface area (Å²) < 4.78 is 0. The lowest BCUT2D eigenvalue weighted by molar-refractivity contribution is -0.477. The van der Waals surface area contributed by atoms with Crippen LogP contribution < -0.4 is 5.84 Å². The Hall–Kier alpha value is -0.200. The van der Waals surface area contributed by atoms with Gasteiger partial charge < -0.3 is 0 Å². The van der Waals surface area contributed by atoms with Crippen molar-refractivity contribution in [2.45, 2.75) is 38.8 Å². The van der Waals surface area contributed by atoms with E-state index in [4.69, 9.17) is 10.8 Å². The Morgan fingerprint density at radius 3 is 2.25 bits per heavy atom. The van der Waals surface area contributed by atoms with Gasteiger partial charge in [-0.15, -0.1) is 4.99 Å². The first kappa shape index (κ1) is 9.88. The van der Waals surface area contributed by atoms with Crippen LogP contribution in [-0.4, -0.2) is 29.5 Å². The minimum absolute atomic E-state index is 0.417. The van der Waals surface area contributed by atoms with Crippen LogP contribution in [0.25, 0.3) is 0 Å². The van der Waals surface area contributed by atoms with Gasteiger partial charge in [-0.1, -0.05) is 0 Å². The van der Waals surface area contributed by atoms with Crippen molar-refractivity contribution in [2.24, 2.45) is 5.84 Å². The Kier molecular flexibility index (Phi) is 3.42. The van der Waals surface area contributed by atoms with E-state index in [1.807, 2.05) is 5.01 Å². The summed E-state index contributed by atoms with van der Waals surface area (Å²) >= 11 is 0. The molecule has 1 fully saturated rings. The number of nitrogens with zero attached hydrogens (tertiary/aromatic N) is 2. The fourth-order valence-corrected chi connectivity index (χ4v) is 1.68. The zero-order valence-electron chi connectivity index (χ0n) is 7.86. The van der Waals surface area contributed by atoms with Gasteiger partial charge in [0.05, 0.1) is 7.11 Å². The summed E-state index contributed by atoms with van der Waals surface area (Å²) in [5, 5.41) is 3.13. The molecule has 2 N–H and O–H groups in total. The average Bonchev–Trinajstić information content (AvgIpc) is 2.32. The number of rotatable bonds is 3. The third kappa shape index (κ3) is 1.94. The summed E-state index contributed by atoms with van der Waals surface area (Å²) in [5.41, 5.74) is 0. The highest BCUT2D eigenvalue weighted by Crippen LogP contribution is 2.23. The maximum atomic E-state index is 5.58. The van der Waals surface area contributed by atoms with Gasteiger partial charge in [0.15, 0.2) is 0 Å². The Labute approximate surface area is 72.8 Å². The van der Waals surface area contributed by atoms with E-state index in [1.165, 1.54) is 12.4 Å². The lowest BCUT2D eigenvalue weighted by atomic mass is 10.2. The molecule has 1 aliphatic heterocycles. The highest BCUT2D eigenvalue weighted by Gasteiger charge is 2.31. The largest absolute Gasteiger partial charge is 0.228 e. The predicted molar refractivity (Wildman–Crippen MR) is 44.1 cm³/mol. The lowest BCUT2D eigenvalue weighted by Crippen LogP contribution is -2.51. The van der Waals surface area contributed by atoms with E-state index in [2.05, 4.69) is 18.7 Å². The summed E-state index contributed by atoms with van der Waals surface area (Å²) in [6.07, 6.45) is 2.28. The molecule has 1 saturated heterocycles. The van der Waals surface area contributed by atoms with Crippen LogP contribution in [0.15, 0.2) is 0 Å². The summed E-state index contributed by atoms with van der Waals surface area (Å²) in [6, 6.07) is 0.834. The van der Waals surface area contributed by atoms with Crippen molar-refractivity contribution in [3.8, 4) is 0 Å². The van der Waals surface area contributed by atoms with Crippen LogP contribution in [-0.2, 0) is 9.88 Å². The molecule has 72 valence electrons. The van der Waals surface area contributed by atoms with E-state index in [-0.39, 0.29) is 0 Å². The molecule has 5 heteroatoms. The standard InChI is InChI=1S/C7H17N3O2/c1-6-4-5-7(2)9(6)10(8)12-11-3/h6-7H,4-5,8H2,1-3H3. The fraction of sp³-hybridized carbons (Fsp3) is 1.00. The second kappa shape index (κ2) is 4.15. The van der Waals surface area contributed by atoms with Crippen molar-refractivity contribution in [3.05, 3.63) is 0 Å². The molecule has 0 aromatic rings. The molecule has 0 amide bonds. The van der Waals surface area contributed by atoms with E-state index >= 15 is 0 Å². The first-order valence-corrected chi connectivity index (χ1v) is 4.20. The van der Waals surface area contributed by atoms with E-state index < -0.39 is 0 Å². The molecule has 0 aliphatic carbocycles. The third-order valence-electron chi connectivity index (χ3n) is 2.28. The van der Waals surface area contributed by atoms with Gasteiger partial charge in [-0.2, -0.15) is 5.01 Å². The number of hydrogen-bond donors (Lipinski definition) is 1. The summed E-state index contributed by atoms with van der Waals surface area (Å²) in [7, 11) is 1.44. The minimum atomic E-state index is 0.417. The first-order chi connectivity index (χ1) is 5.66. The van der Waals surface area contributed by atoms with Crippen molar-refractivity contribution in [2.75, 3.05) is 7.11 Å². The van der Waals surface area contributed by atoms with Gasteiger partial charge in [0.25, 0.3) is 0 Å². The Morgan fingerprint density at radius 1 is 1.33 bits per heavy atom. The van der Waals surface area contributed by atoms with Crippen LogP contribution in [0.4, 0.5) is 0 Å². The van der Waals surface area contributed by atoms with Gasteiger partial charge in [0.1, 0.15) is 0 Å². The summed E-state index contributed by atoms with van der Waals surface area (Å²) in [5.74, 6) is 5.58. The smallest absolute Gasteiger partial charge is 0.0734 e. The van der Waals surface area contributed by atoms with Crippen LogP contribution in [0.5, 0.6) is 0 Å². The second-order valence-electron chi connectivity index (χ2n) is 3.20. The topological polar surface area (TPSA) is 51.0 Å². The summed E-state index contributed by atoms with van der Waals surface area (Å²) in [6.45, 7) is 4.23. The van der Waals surface area contributed by atoms with E-state index in [0.717, 1.165) is 12.8 Å². The molecular weight excluding hydrogens is 158 g/mol. The lowest BCUT2D eigenvalue weighted by Gasteiger charge is -2.30. The molecule has 12 heavy (non-hydrogen) atoms. The van der Waals surface area contributed by atoms with Crippen LogP contribution >= 0.6 is 0 Å². The maximum Gasteiger partial charge on any atom is 0.0734 e. The van der Waals surface area contributed by atoms with Crippen molar-refractivity contribution in [1.29, 1.82) is 0 Å². The Bertz CT molecular complexity index is 135. The Morgan fingerprint density at radius 2 is 1.83 bits per heavy atom. The molecule has 2 unspecified atom stereocenters. The summed E-state index contributed by atoms with van der Waals surface area (Å²) in [4.78, 5) is 9.18. The highest BCUT2D eigenvalue weighted by molar-refractivity contribution is 4.77. The first-order valence-electron chi connectivity index (χ1n) is 4.20. The third-order valence-corrected chi connectivity index (χ3v) is 2.28. The molecule has 0 aromatic carbocycles. The molecule has 1 heterocycles. The molecular formula is C7H17N3O2. The normalized spacial score (nSPS) is 31.8. The predicted octanol–water partition coefficient (Wildman–Crippen LogP) is 0.443. The van der Waals surface area contributed by atoms with Gasteiger partial charge in [-0.3, -0.25) is 0 Å². The minimum Gasteiger partial charge on any atom is -0.228 e. The van der Waals surface area contributed by atoms with Crippen LogP contribution in [0, 0.1) is 0 Å². The molecule has 5 nitrogen and oxygen atoms in total. The molecule has 0 radical (unpaired) electrons. The number of nitrogens with two attached hydrogens (primary N) is 1. The molecule has 0 saturated carbocycles. The number of hydrogen-bond acceptors (Lipinski definition) is 5. The zero-order chi connectivity index (χ0) is 9.14. The molecule has 0 spiro atoms. The van der Waals surface area contributed by atoms with E-state index in [0.29, 0.717) is 12.1 Å². The van der Waals surface area contributed by atoms with Crippen molar-refractivity contribution in [3.63, 3.8) is 0 Å². The molecule has 1 rings (SSSR count). The monoisotopic (exact) mass is 175 g/mol.